The Hall–Kier alpha value is -2.68. The van der Waals surface area contributed by atoms with E-state index in [0.29, 0.717) is 11.3 Å². The maximum Gasteiger partial charge on any atom is 0.340 e. The summed E-state index contributed by atoms with van der Waals surface area (Å²) in [5.41, 5.74) is 3.06. The normalized spacial score (nSPS) is 10.6. The molecule has 3 rings (SSSR count). The molecule has 0 radical (unpaired) electrons. The Balaban J connectivity index is 2.34. The van der Waals surface area contributed by atoms with Gasteiger partial charge in [0, 0.05) is 11.8 Å². The van der Waals surface area contributed by atoms with E-state index < -0.39 is 0 Å². The van der Waals surface area contributed by atoms with Crippen LogP contribution in [-0.4, -0.2) is 18.1 Å². The first-order valence-electron chi connectivity index (χ1n) is 6.74. The summed E-state index contributed by atoms with van der Waals surface area (Å²) in [5, 5.41) is 2.25. The number of aromatic nitrogens is 1. The topological polar surface area (TPSA) is 39.2 Å². The second-order valence-corrected chi connectivity index (χ2v) is 4.84. The molecule has 0 aliphatic rings. The van der Waals surface area contributed by atoms with Gasteiger partial charge in [-0.25, -0.2) is 4.79 Å². The number of methoxy groups -OCH3 is 1. The number of ether oxygens (including phenoxy) is 1. The predicted octanol–water partition coefficient (Wildman–Crippen LogP) is 4.00. The predicted molar refractivity (Wildman–Crippen MR) is 83.3 cm³/mol. The highest BCUT2D eigenvalue weighted by molar-refractivity contribution is 6.04. The zero-order valence-electron chi connectivity index (χ0n) is 12.0. The number of fused-ring (bicyclic) bond motifs is 1. The van der Waals surface area contributed by atoms with E-state index in [1.807, 2.05) is 37.3 Å². The van der Waals surface area contributed by atoms with Crippen LogP contribution in [0, 0.1) is 6.92 Å². The van der Waals surface area contributed by atoms with Crippen molar-refractivity contribution in [2.24, 2.45) is 0 Å². The molecule has 0 amide bonds. The van der Waals surface area contributed by atoms with Gasteiger partial charge in [-0.1, -0.05) is 42.5 Å². The van der Waals surface area contributed by atoms with Crippen LogP contribution in [0.1, 0.15) is 16.1 Å². The molecule has 0 saturated carbocycles. The molecule has 0 saturated heterocycles. The van der Waals surface area contributed by atoms with Gasteiger partial charge in [-0.2, -0.15) is 0 Å². The Bertz CT molecular complexity index is 819. The number of carbonyl (C=O) groups excluding carboxylic acids is 1. The number of aryl methyl sites for hydroxylation is 1. The summed E-state index contributed by atoms with van der Waals surface area (Å²) in [5.74, 6) is -0.358. The van der Waals surface area contributed by atoms with Gasteiger partial charge in [-0.05, 0) is 29.3 Å². The number of benzene rings is 2. The molecular weight excluding hydrogens is 262 g/mol. The smallest absolute Gasteiger partial charge is 0.340 e. The second-order valence-electron chi connectivity index (χ2n) is 4.84. The van der Waals surface area contributed by atoms with E-state index >= 15 is 0 Å². The van der Waals surface area contributed by atoms with E-state index in [2.05, 4.69) is 23.2 Å². The Morgan fingerprint density at radius 1 is 1.00 bits per heavy atom. The molecule has 3 aromatic rings. The lowest BCUT2D eigenvalue weighted by Crippen LogP contribution is -2.07. The molecule has 0 unspecified atom stereocenters. The van der Waals surface area contributed by atoms with E-state index in [0.717, 1.165) is 21.9 Å². The van der Waals surface area contributed by atoms with Crippen LogP contribution >= 0.6 is 0 Å². The highest BCUT2D eigenvalue weighted by Crippen LogP contribution is 2.32. The van der Waals surface area contributed by atoms with Crippen LogP contribution in [0.3, 0.4) is 0 Å². The number of rotatable bonds is 2. The van der Waals surface area contributed by atoms with Crippen LogP contribution in [0.4, 0.5) is 0 Å². The van der Waals surface area contributed by atoms with E-state index in [4.69, 9.17) is 4.74 Å². The zero-order chi connectivity index (χ0) is 14.8. The Kier molecular flexibility index (Phi) is 3.40. The van der Waals surface area contributed by atoms with E-state index in [1.165, 1.54) is 7.11 Å². The van der Waals surface area contributed by atoms with Crippen molar-refractivity contribution in [1.82, 2.24) is 4.98 Å². The van der Waals surface area contributed by atoms with Gasteiger partial charge in [0.15, 0.2) is 0 Å². The SMILES string of the molecule is COC(=O)c1c(-c2cccc3ccccc23)ccnc1C. The van der Waals surface area contributed by atoms with E-state index in [-0.39, 0.29) is 5.97 Å². The second kappa shape index (κ2) is 5.37. The summed E-state index contributed by atoms with van der Waals surface area (Å²) in [6.07, 6.45) is 1.72. The lowest BCUT2D eigenvalue weighted by molar-refractivity contribution is 0.0600. The summed E-state index contributed by atoms with van der Waals surface area (Å²) in [6, 6.07) is 16.1. The van der Waals surface area contributed by atoms with Crippen molar-refractivity contribution >= 4 is 16.7 Å². The third-order valence-electron chi connectivity index (χ3n) is 3.61. The summed E-state index contributed by atoms with van der Waals surface area (Å²) < 4.78 is 4.91. The van der Waals surface area contributed by atoms with Crippen LogP contribution in [0.5, 0.6) is 0 Å². The minimum Gasteiger partial charge on any atom is -0.465 e. The number of hydrogen-bond acceptors (Lipinski definition) is 3. The van der Waals surface area contributed by atoms with E-state index in [1.54, 1.807) is 6.20 Å². The highest BCUT2D eigenvalue weighted by Gasteiger charge is 2.18. The largest absolute Gasteiger partial charge is 0.465 e. The quantitative estimate of drug-likeness (QED) is 0.665. The molecular formula is C18H15NO2. The molecule has 0 spiro atoms. The number of hydrogen-bond donors (Lipinski definition) is 0. The van der Waals surface area contributed by atoms with Crippen LogP contribution < -0.4 is 0 Å². The minimum absolute atomic E-state index is 0.358. The van der Waals surface area contributed by atoms with Crippen molar-refractivity contribution in [3.63, 3.8) is 0 Å². The van der Waals surface area contributed by atoms with Crippen molar-refractivity contribution in [3.8, 4) is 11.1 Å². The van der Waals surface area contributed by atoms with Crippen molar-refractivity contribution in [2.75, 3.05) is 7.11 Å². The first-order valence-corrected chi connectivity index (χ1v) is 6.74. The molecule has 1 aromatic heterocycles. The first kappa shape index (κ1) is 13.3. The van der Waals surface area contributed by atoms with Crippen LogP contribution in [-0.2, 0) is 4.74 Å². The van der Waals surface area contributed by atoms with Gasteiger partial charge in [-0.15, -0.1) is 0 Å². The van der Waals surface area contributed by atoms with Gasteiger partial charge in [0.05, 0.1) is 18.4 Å². The molecule has 3 nitrogen and oxygen atoms in total. The molecule has 104 valence electrons. The number of nitrogens with zero attached hydrogens (tertiary/aromatic N) is 1. The monoisotopic (exact) mass is 277 g/mol. The number of esters is 1. The van der Waals surface area contributed by atoms with Crippen molar-refractivity contribution in [1.29, 1.82) is 0 Å². The van der Waals surface area contributed by atoms with Gasteiger partial charge < -0.3 is 4.74 Å². The van der Waals surface area contributed by atoms with Crippen molar-refractivity contribution < 1.29 is 9.53 Å². The zero-order valence-corrected chi connectivity index (χ0v) is 12.0. The van der Waals surface area contributed by atoms with Gasteiger partial charge >= 0.3 is 5.97 Å². The first-order chi connectivity index (χ1) is 10.2. The fraction of sp³-hybridized carbons (Fsp3) is 0.111. The van der Waals surface area contributed by atoms with Gasteiger partial charge in [0.25, 0.3) is 0 Å². The van der Waals surface area contributed by atoms with Crippen molar-refractivity contribution in [3.05, 3.63) is 66.0 Å². The number of carbonyl (C=O) groups is 1. The van der Waals surface area contributed by atoms with Gasteiger partial charge in [0.2, 0.25) is 0 Å². The fourth-order valence-corrected chi connectivity index (χ4v) is 2.61. The molecule has 0 aliphatic carbocycles. The lowest BCUT2D eigenvalue weighted by atomic mass is 9.94. The maximum atomic E-state index is 12.1. The maximum absolute atomic E-state index is 12.1. The molecule has 0 N–H and O–H groups in total. The Morgan fingerprint density at radius 2 is 1.76 bits per heavy atom. The molecule has 1 heterocycles. The van der Waals surface area contributed by atoms with Crippen LogP contribution in [0.2, 0.25) is 0 Å². The van der Waals surface area contributed by atoms with Crippen LogP contribution in [0.25, 0.3) is 21.9 Å². The molecule has 21 heavy (non-hydrogen) atoms. The number of pyridine rings is 1. The van der Waals surface area contributed by atoms with Crippen LogP contribution in [0.15, 0.2) is 54.7 Å². The average Bonchev–Trinajstić information content (AvgIpc) is 2.53. The summed E-state index contributed by atoms with van der Waals surface area (Å²) in [6.45, 7) is 1.82. The molecule has 0 fully saturated rings. The molecule has 3 heteroatoms. The Morgan fingerprint density at radius 3 is 2.57 bits per heavy atom. The lowest BCUT2D eigenvalue weighted by Gasteiger charge is -2.12. The van der Waals surface area contributed by atoms with Gasteiger partial charge in [0.1, 0.15) is 0 Å². The highest BCUT2D eigenvalue weighted by atomic mass is 16.5. The fourth-order valence-electron chi connectivity index (χ4n) is 2.61. The molecule has 0 aliphatic heterocycles. The average molecular weight is 277 g/mol. The summed E-state index contributed by atoms with van der Waals surface area (Å²) in [4.78, 5) is 16.3. The summed E-state index contributed by atoms with van der Waals surface area (Å²) in [7, 11) is 1.39. The molecule has 0 atom stereocenters. The van der Waals surface area contributed by atoms with E-state index in [9.17, 15) is 4.79 Å². The summed E-state index contributed by atoms with van der Waals surface area (Å²) >= 11 is 0. The Labute approximate surface area is 123 Å². The van der Waals surface area contributed by atoms with Crippen molar-refractivity contribution in [2.45, 2.75) is 6.92 Å². The molecule has 2 aromatic carbocycles. The third kappa shape index (κ3) is 2.27. The minimum atomic E-state index is -0.358. The third-order valence-corrected chi connectivity index (χ3v) is 3.61. The standard InChI is InChI=1S/C18H15NO2/c1-12-17(18(20)21-2)16(10-11-19-12)15-9-5-7-13-6-3-4-8-14(13)15/h3-11H,1-2H3. The van der Waals surface area contributed by atoms with Gasteiger partial charge in [-0.3, -0.25) is 4.98 Å². The molecule has 0 bridgehead atoms.